The normalized spacial score (nSPS) is 13.6. The Morgan fingerprint density at radius 1 is 1.32 bits per heavy atom. The second kappa shape index (κ2) is 7.50. The van der Waals surface area contributed by atoms with E-state index in [0.29, 0.717) is 12.3 Å². The van der Waals surface area contributed by atoms with Crippen molar-refractivity contribution in [2.24, 2.45) is 7.05 Å². The molecule has 146 valence electrons. The largest absolute Gasteiger partial charge is 0.442 e. The van der Waals surface area contributed by atoms with Crippen LogP contribution in [0, 0.1) is 6.92 Å². The van der Waals surface area contributed by atoms with Crippen LogP contribution in [-0.2, 0) is 13.5 Å². The van der Waals surface area contributed by atoms with Gasteiger partial charge in [0, 0.05) is 32.4 Å². The summed E-state index contributed by atoms with van der Waals surface area (Å²) < 4.78 is 6.85. The fraction of sp³-hybridized carbons (Fsp3) is 0.381. The van der Waals surface area contributed by atoms with Crippen molar-refractivity contribution >= 4 is 22.7 Å². The summed E-state index contributed by atoms with van der Waals surface area (Å²) in [6.45, 7) is 4.13. The van der Waals surface area contributed by atoms with Crippen molar-refractivity contribution in [1.29, 1.82) is 0 Å². The number of fused-ring (bicyclic) bond motifs is 2. The van der Waals surface area contributed by atoms with E-state index in [2.05, 4.69) is 39.5 Å². The van der Waals surface area contributed by atoms with Gasteiger partial charge in [0.1, 0.15) is 17.5 Å². The molecular formula is C21H24N4O3. The first kappa shape index (κ1) is 18.3. The topological polar surface area (TPSA) is 80.4 Å². The first-order valence-corrected chi connectivity index (χ1v) is 9.62. The molecule has 3 aromatic rings. The van der Waals surface area contributed by atoms with E-state index in [9.17, 15) is 9.59 Å². The average Bonchev–Trinajstić information content (AvgIpc) is 3.05. The lowest BCUT2D eigenvalue weighted by molar-refractivity contribution is 0.0953. The number of carbonyl (C=O) groups excluding carboxylic acids is 1. The van der Waals surface area contributed by atoms with Crippen LogP contribution in [0.3, 0.4) is 0 Å². The van der Waals surface area contributed by atoms with E-state index in [1.807, 2.05) is 0 Å². The summed E-state index contributed by atoms with van der Waals surface area (Å²) in [5.41, 5.74) is 2.90. The van der Waals surface area contributed by atoms with Crippen molar-refractivity contribution < 1.29 is 9.21 Å². The number of aryl methyl sites for hydroxylation is 3. The molecule has 2 aromatic heterocycles. The maximum Gasteiger partial charge on any atom is 0.265 e. The zero-order chi connectivity index (χ0) is 19.7. The van der Waals surface area contributed by atoms with Gasteiger partial charge in [0.25, 0.3) is 11.5 Å². The van der Waals surface area contributed by atoms with Crippen LogP contribution in [0.5, 0.6) is 0 Å². The van der Waals surface area contributed by atoms with E-state index in [1.54, 1.807) is 14.0 Å². The molecule has 4 rings (SSSR count). The predicted molar refractivity (Wildman–Crippen MR) is 108 cm³/mol. The predicted octanol–water partition coefficient (Wildman–Crippen LogP) is 2.41. The van der Waals surface area contributed by atoms with Gasteiger partial charge in [-0.25, -0.2) is 4.98 Å². The molecule has 1 N–H and O–H groups in total. The minimum atomic E-state index is -0.291. The third-order valence-corrected chi connectivity index (χ3v) is 5.27. The van der Waals surface area contributed by atoms with Crippen molar-refractivity contribution in [1.82, 2.24) is 14.9 Å². The molecule has 1 amide bonds. The number of amides is 1. The molecule has 0 aliphatic carbocycles. The Bertz CT molecular complexity index is 1080. The molecule has 3 heterocycles. The number of furan rings is 1. The molecule has 0 bridgehead atoms. The van der Waals surface area contributed by atoms with Gasteiger partial charge in [-0.2, -0.15) is 0 Å². The summed E-state index contributed by atoms with van der Waals surface area (Å²) in [4.78, 5) is 31.6. The van der Waals surface area contributed by atoms with Crippen molar-refractivity contribution in [3.63, 3.8) is 0 Å². The molecule has 0 saturated carbocycles. The summed E-state index contributed by atoms with van der Waals surface area (Å²) in [7, 11) is 1.61. The zero-order valence-corrected chi connectivity index (χ0v) is 16.2. The van der Waals surface area contributed by atoms with Gasteiger partial charge >= 0.3 is 0 Å². The highest BCUT2D eigenvalue weighted by molar-refractivity contribution is 6.06. The maximum absolute atomic E-state index is 12.7. The molecule has 0 spiro atoms. The molecule has 28 heavy (non-hydrogen) atoms. The number of hydrogen-bond donors (Lipinski definition) is 1. The standard InChI is InChI=1S/C21H24N4O3/c1-14-17(18-20(28-14)23-13-24(2)21(18)27)19(26)22-10-6-12-25-11-5-8-15-7-3-4-9-16(15)25/h3-4,7,9,13H,5-6,8,10-12H2,1-2H3,(H,22,26). The molecule has 0 fully saturated rings. The lowest BCUT2D eigenvalue weighted by Crippen LogP contribution is -2.33. The highest BCUT2D eigenvalue weighted by atomic mass is 16.3. The molecule has 0 unspecified atom stereocenters. The van der Waals surface area contributed by atoms with E-state index in [4.69, 9.17) is 4.42 Å². The number of anilines is 1. The van der Waals surface area contributed by atoms with E-state index >= 15 is 0 Å². The number of nitrogens with zero attached hydrogens (tertiary/aromatic N) is 3. The SMILES string of the molecule is Cc1oc2ncn(C)c(=O)c2c1C(=O)NCCCN1CCCc2ccccc21. The van der Waals surface area contributed by atoms with Crippen molar-refractivity contribution in [2.75, 3.05) is 24.5 Å². The minimum absolute atomic E-state index is 0.204. The molecule has 1 aromatic carbocycles. The number of nitrogens with one attached hydrogen (secondary N) is 1. The van der Waals surface area contributed by atoms with Gasteiger partial charge in [0.2, 0.25) is 5.71 Å². The smallest absolute Gasteiger partial charge is 0.265 e. The van der Waals surface area contributed by atoms with E-state index in [1.165, 1.54) is 22.1 Å². The molecule has 7 heteroatoms. The molecule has 1 aliphatic heterocycles. The molecule has 0 saturated heterocycles. The lowest BCUT2D eigenvalue weighted by atomic mass is 10.0. The number of hydrogen-bond acceptors (Lipinski definition) is 5. The summed E-state index contributed by atoms with van der Waals surface area (Å²) >= 11 is 0. The second-order valence-electron chi connectivity index (χ2n) is 7.20. The Kier molecular flexibility index (Phi) is 4.90. The minimum Gasteiger partial charge on any atom is -0.442 e. The Balaban J connectivity index is 1.41. The van der Waals surface area contributed by atoms with E-state index in [0.717, 1.165) is 32.4 Å². The van der Waals surface area contributed by atoms with Gasteiger partial charge in [-0.3, -0.25) is 9.59 Å². The Morgan fingerprint density at radius 2 is 2.14 bits per heavy atom. The van der Waals surface area contributed by atoms with Crippen LogP contribution in [0.15, 0.2) is 39.8 Å². The third-order valence-electron chi connectivity index (χ3n) is 5.27. The van der Waals surface area contributed by atoms with Crippen molar-refractivity contribution in [3.8, 4) is 0 Å². The van der Waals surface area contributed by atoms with Gasteiger partial charge in [0.15, 0.2) is 0 Å². The summed E-state index contributed by atoms with van der Waals surface area (Å²) in [6.07, 6.45) is 4.50. The van der Waals surface area contributed by atoms with Crippen molar-refractivity contribution in [2.45, 2.75) is 26.2 Å². The first-order valence-electron chi connectivity index (χ1n) is 9.62. The average molecular weight is 380 g/mol. The highest BCUT2D eigenvalue weighted by Crippen LogP contribution is 2.26. The van der Waals surface area contributed by atoms with Gasteiger partial charge in [-0.15, -0.1) is 0 Å². The van der Waals surface area contributed by atoms with Crippen LogP contribution in [-0.4, -0.2) is 35.1 Å². The number of benzene rings is 1. The fourth-order valence-corrected chi connectivity index (χ4v) is 3.86. The van der Waals surface area contributed by atoms with Crippen LogP contribution < -0.4 is 15.8 Å². The van der Waals surface area contributed by atoms with Crippen LogP contribution in [0.1, 0.15) is 34.5 Å². The molecule has 0 radical (unpaired) electrons. The third kappa shape index (κ3) is 3.28. The fourth-order valence-electron chi connectivity index (χ4n) is 3.86. The lowest BCUT2D eigenvalue weighted by Gasteiger charge is -2.31. The van der Waals surface area contributed by atoms with E-state index in [-0.39, 0.29) is 28.1 Å². The number of rotatable bonds is 5. The maximum atomic E-state index is 12.7. The number of aromatic nitrogens is 2. The van der Waals surface area contributed by atoms with Crippen LogP contribution in [0.4, 0.5) is 5.69 Å². The van der Waals surface area contributed by atoms with Crippen LogP contribution >= 0.6 is 0 Å². The van der Waals surface area contributed by atoms with Crippen molar-refractivity contribution in [3.05, 3.63) is 57.8 Å². The molecule has 1 aliphatic rings. The van der Waals surface area contributed by atoms with Gasteiger partial charge in [-0.05, 0) is 37.8 Å². The second-order valence-corrected chi connectivity index (χ2v) is 7.20. The van der Waals surface area contributed by atoms with Gasteiger partial charge in [0.05, 0.1) is 5.56 Å². The summed E-state index contributed by atoms with van der Waals surface area (Å²) in [6, 6.07) is 8.50. The van der Waals surface area contributed by atoms with E-state index < -0.39 is 0 Å². The van der Waals surface area contributed by atoms with Gasteiger partial charge < -0.3 is 19.2 Å². The Morgan fingerprint density at radius 3 is 3.00 bits per heavy atom. The Hall–Kier alpha value is -3.09. The molecule has 0 atom stereocenters. The van der Waals surface area contributed by atoms with Crippen LogP contribution in [0.25, 0.3) is 11.1 Å². The molecule has 7 nitrogen and oxygen atoms in total. The summed E-state index contributed by atoms with van der Waals surface area (Å²) in [5, 5.41) is 3.17. The Labute approximate surface area is 163 Å². The van der Waals surface area contributed by atoms with Crippen LogP contribution in [0.2, 0.25) is 0 Å². The molecular weight excluding hydrogens is 356 g/mol. The summed E-state index contributed by atoms with van der Waals surface area (Å²) in [5.74, 6) is 0.119. The quantitative estimate of drug-likeness (QED) is 0.688. The zero-order valence-electron chi connectivity index (χ0n) is 16.2. The number of para-hydroxylation sites is 1. The first-order chi connectivity index (χ1) is 13.6. The monoisotopic (exact) mass is 380 g/mol. The van der Waals surface area contributed by atoms with Gasteiger partial charge in [-0.1, -0.05) is 18.2 Å². The highest BCUT2D eigenvalue weighted by Gasteiger charge is 2.22. The number of carbonyl (C=O) groups is 1.